The maximum absolute atomic E-state index is 10.7. The Kier molecular flexibility index (Phi) is 6.51. The minimum absolute atomic E-state index is 0.328. The molecule has 0 aliphatic rings. The van der Waals surface area contributed by atoms with Crippen molar-refractivity contribution in [3.05, 3.63) is 53.6 Å². The summed E-state index contributed by atoms with van der Waals surface area (Å²) in [5.41, 5.74) is 1.51. The number of aliphatic carboxylic acids is 1. The zero-order chi connectivity index (χ0) is 13.2. The van der Waals surface area contributed by atoms with Crippen LogP contribution in [0.3, 0.4) is 0 Å². The predicted molar refractivity (Wildman–Crippen MR) is 72.3 cm³/mol. The summed E-state index contributed by atoms with van der Waals surface area (Å²) >= 11 is 0. The fourth-order valence-electron chi connectivity index (χ4n) is 1.43. The number of carboxylic acids is 1. The average Bonchev–Trinajstić information content (AvgIpc) is 2.38. The molecule has 0 spiro atoms. The van der Waals surface area contributed by atoms with Crippen molar-refractivity contribution in [1.82, 2.24) is 0 Å². The maximum atomic E-state index is 10.7. The molecule has 3 heteroatoms. The molecule has 1 N–H and O–H groups in total. The fourth-order valence-corrected chi connectivity index (χ4v) is 1.43. The van der Waals surface area contributed by atoms with E-state index in [0.717, 1.165) is 5.56 Å². The van der Waals surface area contributed by atoms with Gasteiger partial charge in [0.2, 0.25) is 0 Å². The highest BCUT2D eigenvalue weighted by Gasteiger charge is 2.02. The highest BCUT2D eigenvalue weighted by Crippen LogP contribution is 2.02. The molecule has 0 saturated carbocycles. The van der Waals surface area contributed by atoms with Crippen LogP contribution in [0.5, 0.6) is 0 Å². The summed E-state index contributed by atoms with van der Waals surface area (Å²) in [7, 11) is 0. The summed E-state index contributed by atoms with van der Waals surface area (Å²) in [6.45, 7) is 2.62. The number of carbonyl (C=O) groups is 1. The van der Waals surface area contributed by atoms with Crippen molar-refractivity contribution in [2.75, 3.05) is 13.2 Å². The van der Waals surface area contributed by atoms with Crippen LogP contribution in [0.2, 0.25) is 0 Å². The third-order valence-corrected chi connectivity index (χ3v) is 2.43. The van der Waals surface area contributed by atoms with Crippen LogP contribution >= 0.6 is 0 Å². The first-order valence-electron chi connectivity index (χ1n) is 5.95. The molecule has 0 unspecified atom stereocenters. The van der Waals surface area contributed by atoms with Crippen molar-refractivity contribution in [3.8, 4) is 0 Å². The first-order chi connectivity index (χ1) is 8.74. The van der Waals surface area contributed by atoms with Crippen molar-refractivity contribution >= 4 is 12.0 Å². The van der Waals surface area contributed by atoms with Crippen LogP contribution in [0.15, 0.2) is 48.1 Å². The van der Waals surface area contributed by atoms with Gasteiger partial charge in [0.25, 0.3) is 0 Å². The molecule has 0 radical (unpaired) electrons. The van der Waals surface area contributed by atoms with E-state index in [9.17, 15) is 4.79 Å². The smallest absolute Gasteiger partial charge is 0.331 e. The van der Waals surface area contributed by atoms with E-state index in [0.29, 0.717) is 25.2 Å². The van der Waals surface area contributed by atoms with Crippen LogP contribution in [-0.4, -0.2) is 24.3 Å². The molecule has 18 heavy (non-hydrogen) atoms. The molecule has 1 aromatic carbocycles. The number of carboxylic acid groups (broad SMARTS) is 1. The SMILES string of the molecule is CCC(=CCOCC=Cc1ccccc1)C(=O)O. The summed E-state index contributed by atoms with van der Waals surface area (Å²) in [6, 6.07) is 9.94. The predicted octanol–water partition coefficient (Wildman–Crippen LogP) is 3.14. The van der Waals surface area contributed by atoms with Gasteiger partial charge in [-0.05, 0) is 18.1 Å². The van der Waals surface area contributed by atoms with Gasteiger partial charge in [0.15, 0.2) is 0 Å². The molecule has 0 amide bonds. The van der Waals surface area contributed by atoms with Crippen molar-refractivity contribution < 1.29 is 14.6 Å². The zero-order valence-electron chi connectivity index (χ0n) is 10.5. The summed E-state index contributed by atoms with van der Waals surface area (Å²) in [5.74, 6) is -0.874. The zero-order valence-corrected chi connectivity index (χ0v) is 10.5. The summed E-state index contributed by atoms with van der Waals surface area (Å²) in [4.78, 5) is 10.7. The van der Waals surface area contributed by atoms with Crippen LogP contribution in [0.4, 0.5) is 0 Å². The van der Waals surface area contributed by atoms with Gasteiger partial charge in [-0.1, -0.05) is 49.4 Å². The number of hydrogen-bond acceptors (Lipinski definition) is 2. The maximum Gasteiger partial charge on any atom is 0.331 e. The Bertz CT molecular complexity index is 419. The topological polar surface area (TPSA) is 46.5 Å². The molecular formula is C15H18O3. The second-order valence-electron chi connectivity index (χ2n) is 3.74. The Labute approximate surface area is 107 Å². The van der Waals surface area contributed by atoms with Crippen LogP contribution in [0.1, 0.15) is 18.9 Å². The minimum atomic E-state index is -0.874. The van der Waals surface area contributed by atoms with E-state index in [1.807, 2.05) is 49.4 Å². The number of benzene rings is 1. The van der Waals surface area contributed by atoms with Gasteiger partial charge in [-0.25, -0.2) is 4.79 Å². The van der Waals surface area contributed by atoms with Crippen LogP contribution < -0.4 is 0 Å². The Morgan fingerprint density at radius 3 is 2.61 bits per heavy atom. The fraction of sp³-hybridized carbons (Fsp3) is 0.267. The molecule has 0 fully saturated rings. The Hall–Kier alpha value is -1.87. The lowest BCUT2D eigenvalue weighted by Crippen LogP contribution is -2.01. The standard InChI is InChI=1S/C15H18O3/c1-2-14(15(16)17)10-12-18-11-6-9-13-7-4-3-5-8-13/h3-10H,2,11-12H2,1H3,(H,16,17). The van der Waals surface area contributed by atoms with Gasteiger partial charge < -0.3 is 9.84 Å². The van der Waals surface area contributed by atoms with Gasteiger partial charge in [0.1, 0.15) is 0 Å². The van der Waals surface area contributed by atoms with Gasteiger partial charge in [0, 0.05) is 5.57 Å². The van der Waals surface area contributed by atoms with Gasteiger partial charge >= 0.3 is 5.97 Å². The van der Waals surface area contributed by atoms with E-state index in [-0.39, 0.29) is 0 Å². The third kappa shape index (κ3) is 5.46. The molecule has 1 aromatic rings. The first-order valence-corrected chi connectivity index (χ1v) is 5.95. The summed E-state index contributed by atoms with van der Waals surface area (Å²) in [5, 5.41) is 8.79. The van der Waals surface area contributed by atoms with Gasteiger partial charge in [-0.15, -0.1) is 0 Å². The monoisotopic (exact) mass is 246 g/mol. The van der Waals surface area contributed by atoms with E-state index in [2.05, 4.69) is 0 Å². The Morgan fingerprint density at radius 2 is 2.00 bits per heavy atom. The van der Waals surface area contributed by atoms with Gasteiger partial charge in [0.05, 0.1) is 13.2 Å². The molecule has 1 rings (SSSR count). The van der Waals surface area contributed by atoms with Gasteiger partial charge in [-0.3, -0.25) is 0 Å². The number of rotatable bonds is 7. The summed E-state index contributed by atoms with van der Waals surface area (Å²) in [6.07, 6.45) is 6.01. The highest BCUT2D eigenvalue weighted by atomic mass is 16.5. The van der Waals surface area contributed by atoms with Crippen molar-refractivity contribution in [2.24, 2.45) is 0 Å². The lowest BCUT2D eigenvalue weighted by Gasteiger charge is -1.99. The number of hydrogen-bond donors (Lipinski definition) is 1. The van der Waals surface area contributed by atoms with Crippen LogP contribution in [-0.2, 0) is 9.53 Å². The molecule has 0 atom stereocenters. The Balaban J connectivity index is 2.27. The van der Waals surface area contributed by atoms with Crippen molar-refractivity contribution in [3.63, 3.8) is 0 Å². The largest absolute Gasteiger partial charge is 0.478 e. The molecule has 0 heterocycles. The molecule has 0 aliphatic heterocycles. The second-order valence-corrected chi connectivity index (χ2v) is 3.74. The lowest BCUT2D eigenvalue weighted by molar-refractivity contribution is -0.132. The van der Waals surface area contributed by atoms with E-state index in [1.165, 1.54) is 0 Å². The normalized spacial score (nSPS) is 11.9. The van der Waals surface area contributed by atoms with E-state index in [4.69, 9.17) is 9.84 Å². The molecule has 0 aliphatic carbocycles. The second kappa shape index (κ2) is 8.25. The highest BCUT2D eigenvalue weighted by molar-refractivity contribution is 5.86. The van der Waals surface area contributed by atoms with Gasteiger partial charge in [-0.2, -0.15) is 0 Å². The van der Waals surface area contributed by atoms with Crippen molar-refractivity contribution in [2.45, 2.75) is 13.3 Å². The molecular weight excluding hydrogens is 228 g/mol. The van der Waals surface area contributed by atoms with E-state index >= 15 is 0 Å². The van der Waals surface area contributed by atoms with E-state index in [1.54, 1.807) is 6.08 Å². The number of ether oxygens (including phenoxy) is 1. The van der Waals surface area contributed by atoms with Crippen molar-refractivity contribution in [1.29, 1.82) is 0 Å². The minimum Gasteiger partial charge on any atom is -0.478 e. The van der Waals surface area contributed by atoms with E-state index < -0.39 is 5.97 Å². The molecule has 96 valence electrons. The Morgan fingerprint density at radius 1 is 1.28 bits per heavy atom. The summed E-state index contributed by atoms with van der Waals surface area (Å²) < 4.78 is 5.31. The van der Waals surface area contributed by atoms with Crippen LogP contribution in [0.25, 0.3) is 6.08 Å². The molecule has 3 nitrogen and oxygen atoms in total. The molecule has 0 saturated heterocycles. The molecule has 0 aromatic heterocycles. The first kappa shape index (κ1) is 14.2. The third-order valence-electron chi connectivity index (χ3n) is 2.43. The quantitative estimate of drug-likeness (QED) is 0.594. The molecule has 0 bridgehead atoms. The lowest BCUT2D eigenvalue weighted by atomic mass is 10.2. The average molecular weight is 246 g/mol. The van der Waals surface area contributed by atoms with Crippen LogP contribution in [0, 0.1) is 0 Å².